The second-order valence-corrected chi connectivity index (χ2v) is 8.00. The van der Waals surface area contributed by atoms with Crippen LogP contribution < -0.4 is 4.74 Å². The number of carbonyl (C=O) groups excluding carboxylic acids is 1. The topological polar surface area (TPSA) is 68.5 Å². The molecule has 6 heteroatoms. The second-order valence-electron chi connectivity index (χ2n) is 8.00. The van der Waals surface area contributed by atoms with Crippen LogP contribution >= 0.6 is 0 Å². The minimum absolute atomic E-state index is 0.0212. The van der Waals surface area contributed by atoms with Crippen LogP contribution in [-0.4, -0.2) is 34.6 Å². The molecule has 0 saturated carbocycles. The number of rotatable bonds is 7. The SMILES string of the molecule is CCCCc1ccc(C(=O)N2CCCC[C@@H]2c2nc(-c3cccc(OC)c3)no2)cc1. The van der Waals surface area contributed by atoms with E-state index in [1.54, 1.807) is 7.11 Å². The van der Waals surface area contributed by atoms with Gasteiger partial charge in [0, 0.05) is 17.7 Å². The Balaban J connectivity index is 1.53. The maximum absolute atomic E-state index is 13.3. The number of piperidine rings is 1. The summed E-state index contributed by atoms with van der Waals surface area (Å²) in [7, 11) is 1.63. The summed E-state index contributed by atoms with van der Waals surface area (Å²) in [4.78, 5) is 19.8. The lowest BCUT2D eigenvalue weighted by Crippen LogP contribution is -2.38. The molecule has 1 aliphatic heterocycles. The van der Waals surface area contributed by atoms with Gasteiger partial charge in [-0.25, -0.2) is 0 Å². The van der Waals surface area contributed by atoms with Gasteiger partial charge >= 0.3 is 0 Å². The molecule has 0 aliphatic carbocycles. The molecule has 2 heterocycles. The predicted molar refractivity (Wildman–Crippen MR) is 119 cm³/mol. The van der Waals surface area contributed by atoms with Crippen LogP contribution in [0.25, 0.3) is 11.4 Å². The molecule has 1 aliphatic rings. The highest BCUT2D eigenvalue weighted by Gasteiger charge is 2.32. The molecule has 3 aromatic rings. The third kappa shape index (κ3) is 4.79. The van der Waals surface area contributed by atoms with Gasteiger partial charge in [0.2, 0.25) is 11.7 Å². The van der Waals surface area contributed by atoms with Crippen molar-refractivity contribution in [2.24, 2.45) is 0 Å². The highest BCUT2D eigenvalue weighted by molar-refractivity contribution is 5.94. The first-order chi connectivity index (χ1) is 15.2. The van der Waals surface area contributed by atoms with Gasteiger partial charge in [0.05, 0.1) is 7.11 Å². The van der Waals surface area contributed by atoms with Gasteiger partial charge in [-0.15, -0.1) is 0 Å². The molecule has 0 N–H and O–H groups in total. The van der Waals surface area contributed by atoms with Gasteiger partial charge in [-0.3, -0.25) is 4.79 Å². The van der Waals surface area contributed by atoms with Crippen LogP contribution in [0.2, 0.25) is 0 Å². The first kappa shape index (κ1) is 21.1. The largest absolute Gasteiger partial charge is 0.497 e. The average molecular weight is 420 g/mol. The average Bonchev–Trinajstić information content (AvgIpc) is 3.33. The lowest BCUT2D eigenvalue weighted by Gasteiger charge is -2.33. The van der Waals surface area contributed by atoms with Crippen molar-refractivity contribution in [1.29, 1.82) is 0 Å². The van der Waals surface area contributed by atoms with Crippen molar-refractivity contribution >= 4 is 5.91 Å². The number of methoxy groups -OCH3 is 1. The molecule has 6 nitrogen and oxygen atoms in total. The molecule has 1 saturated heterocycles. The van der Waals surface area contributed by atoms with E-state index in [0.29, 0.717) is 23.8 Å². The minimum Gasteiger partial charge on any atom is -0.497 e. The normalized spacial score (nSPS) is 16.3. The Morgan fingerprint density at radius 2 is 2.03 bits per heavy atom. The molecule has 1 atom stereocenters. The Morgan fingerprint density at radius 3 is 2.81 bits per heavy atom. The predicted octanol–water partition coefficient (Wildman–Crippen LogP) is 5.46. The molecule has 0 spiro atoms. The van der Waals surface area contributed by atoms with Gasteiger partial charge in [-0.05, 0) is 61.9 Å². The number of amides is 1. The van der Waals surface area contributed by atoms with Gasteiger partial charge in [0.25, 0.3) is 5.91 Å². The van der Waals surface area contributed by atoms with Crippen LogP contribution in [0, 0.1) is 0 Å². The number of aryl methyl sites for hydroxylation is 1. The van der Waals surface area contributed by atoms with E-state index in [0.717, 1.165) is 49.8 Å². The third-order valence-corrected chi connectivity index (χ3v) is 5.84. The van der Waals surface area contributed by atoms with Crippen molar-refractivity contribution in [2.75, 3.05) is 13.7 Å². The van der Waals surface area contributed by atoms with Gasteiger partial charge < -0.3 is 14.2 Å². The fourth-order valence-corrected chi connectivity index (χ4v) is 4.04. The zero-order valence-electron chi connectivity index (χ0n) is 18.2. The zero-order valence-corrected chi connectivity index (χ0v) is 18.2. The molecule has 162 valence electrons. The van der Waals surface area contributed by atoms with Gasteiger partial charge in [-0.2, -0.15) is 4.98 Å². The maximum Gasteiger partial charge on any atom is 0.254 e. The summed E-state index contributed by atoms with van der Waals surface area (Å²) in [6.07, 6.45) is 6.20. The Hall–Kier alpha value is -3.15. The van der Waals surface area contributed by atoms with E-state index in [1.807, 2.05) is 41.3 Å². The van der Waals surface area contributed by atoms with Gasteiger partial charge in [0.15, 0.2) is 0 Å². The van der Waals surface area contributed by atoms with E-state index in [-0.39, 0.29) is 11.9 Å². The summed E-state index contributed by atoms with van der Waals surface area (Å²) in [5.74, 6) is 1.76. The molecule has 1 amide bonds. The lowest BCUT2D eigenvalue weighted by molar-refractivity contribution is 0.0561. The smallest absolute Gasteiger partial charge is 0.254 e. The minimum atomic E-state index is -0.201. The number of ether oxygens (including phenoxy) is 1. The molecule has 1 fully saturated rings. The highest BCUT2D eigenvalue weighted by Crippen LogP contribution is 2.32. The Morgan fingerprint density at radius 1 is 1.19 bits per heavy atom. The summed E-state index contributed by atoms with van der Waals surface area (Å²) in [6, 6.07) is 15.4. The van der Waals surface area contributed by atoms with E-state index >= 15 is 0 Å². The number of nitrogens with zero attached hydrogens (tertiary/aromatic N) is 3. The Bertz CT molecular complexity index is 1010. The quantitative estimate of drug-likeness (QED) is 0.509. The molecule has 1 aromatic heterocycles. The molecule has 4 rings (SSSR count). The number of likely N-dealkylation sites (tertiary alicyclic amines) is 1. The van der Waals surface area contributed by atoms with Crippen molar-refractivity contribution in [3.63, 3.8) is 0 Å². The van der Waals surface area contributed by atoms with Crippen LogP contribution in [0.1, 0.15) is 66.9 Å². The third-order valence-electron chi connectivity index (χ3n) is 5.84. The summed E-state index contributed by atoms with van der Waals surface area (Å²) in [5.41, 5.74) is 2.80. The molecular weight excluding hydrogens is 390 g/mol. The van der Waals surface area contributed by atoms with Gasteiger partial charge in [0.1, 0.15) is 11.8 Å². The summed E-state index contributed by atoms with van der Waals surface area (Å²) >= 11 is 0. The molecule has 0 bridgehead atoms. The van der Waals surface area contributed by atoms with E-state index in [4.69, 9.17) is 9.26 Å². The number of aromatic nitrogens is 2. The molecule has 2 aromatic carbocycles. The second kappa shape index (κ2) is 9.77. The first-order valence-electron chi connectivity index (χ1n) is 11.1. The number of carbonyl (C=O) groups is 1. The van der Waals surface area contributed by atoms with E-state index in [1.165, 1.54) is 5.56 Å². The van der Waals surface area contributed by atoms with Crippen LogP contribution in [0.3, 0.4) is 0 Å². The summed E-state index contributed by atoms with van der Waals surface area (Å²) in [5, 5.41) is 4.16. The molecule has 0 radical (unpaired) electrons. The van der Waals surface area contributed by atoms with Crippen molar-refractivity contribution < 1.29 is 14.1 Å². The molecular formula is C25H29N3O3. The van der Waals surface area contributed by atoms with Crippen molar-refractivity contribution in [2.45, 2.75) is 51.5 Å². The maximum atomic E-state index is 13.3. The first-order valence-corrected chi connectivity index (χ1v) is 11.1. The van der Waals surface area contributed by atoms with E-state index < -0.39 is 0 Å². The fourth-order valence-electron chi connectivity index (χ4n) is 4.04. The summed E-state index contributed by atoms with van der Waals surface area (Å²) in [6.45, 7) is 2.88. The van der Waals surface area contributed by atoms with E-state index in [2.05, 4.69) is 29.2 Å². The van der Waals surface area contributed by atoms with Crippen molar-refractivity contribution in [1.82, 2.24) is 15.0 Å². The zero-order chi connectivity index (χ0) is 21.6. The van der Waals surface area contributed by atoms with Gasteiger partial charge in [-0.1, -0.05) is 42.8 Å². The number of unbranched alkanes of at least 4 members (excludes halogenated alkanes) is 1. The highest BCUT2D eigenvalue weighted by atomic mass is 16.5. The Kier molecular flexibility index (Phi) is 6.65. The number of benzene rings is 2. The fraction of sp³-hybridized carbons (Fsp3) is 0.400. The van der Waals surface area contributed by atoms with Crippen LogP contribution in [0.5, 0.6) is 5.75 Å². The Labute approximate surface area is 183 Å². The number of hydrogen-bond donors (Lipinski definition) is 0. The molecule has 31 heavy (non-hydrogen) atoms. The standard InChI is InChI=1S/C25H29N3O3/c1-3-4-8-18-12-14-19(15-13-18)25(29)28-16-6-5-11-22(28)24-26-23(27-31-24)20-9-7-10-21(17-20)30-2/h7,9-10,12-15,17,22H,3-6,8,11,16H2,1-2H3/t22-/m1/s1. The number of hydrogen-bond acceptors (Lipinski definition) is 5. The summed E-state index contributed by atoms with van der Waals surface area (Å²) < 4.78 is 10.9. The molecule has 0 unspecified atom stereocenters. The monoisotopic (exact) mass is 419 g/mol. The van der Waals surface area contributed by atoms with Crippen molar-refractivity contribution in [3.05, 3.63) is 65.5 Å². The van der Waals surface area contributed by atoms with Crippen LogP contribution in [0.4, 0.5) is 0 Å². The van der Waals surface area contributed by atoms with Crippen molar-refractivity contribution in [3.8, 4) is 17.1 Å². The lowest BCUT2D eigenvalue weighted by atomic mass is 10.00. The van der Waals surface area contributed by atoms with Crippen LogP contribution in [0.15, 0.2) is 53.1 Å². The van der Waals surface area contributed by atoms with Crippen LogP contribution in [-0.2, 0) is 6.42 Å². The van der Waals surface area contributed by atoms with E-state index in [9.17, 15) is 4.79 Å².